The minimum Gasteiger partial charge on any atom is -0.478 e. The maximum Gasteiger partial charge on any atom is 0.338 e. The van der Waals surface area contributed by atoms with Gasteiger partial charge >= 0.3 is 5.97 Å². The molecule has 0 aliphatic heterocycles. The van der Waals surface area contributed by atoms with Gasteiger partial charge in [0.05, 0.1) is 11.1 Å². The van der Waals surface area contributed by atoms with Crippen LogP contribution in [0.2, 0.25) is 0 Å². The van der Waals surface area contributed by atoms with E-state index < -0.39 is 5.97 Å². The number of carboxylic acids is 1. The minimum absolute atomic E-state index is 0.229. The topological polar surface area (TPSA) is 41.7 Å². The zero-order valence-electron chi connectivity index (χ0n) is 9.88. The van der Waals surface area contributed by atoms with Crippen molar-refractivity contribution < 1.29 is 14.3 Å². The predicted molar refractivity (Wildman–Crippen MR) is 69.8 cm³/mol. The molecule has 2 aromatic heterocycles. The third-order valence-electron chi connectivity index (χ3n) is 3.05. The normalized spacial score (nSPS) is 10.8. The molecule has 0 saturated heterocycles. The Balaban J connectivity index is 2.31. The Labute approximate surface area is 108 Å². The number of carboxylic acid groups (broad SMARTS) is 1. The van der Waals surface area contributed by atoms with Gasteiger partial charge in [-0.2, -0.15) is 0 Å². The molecule has 3 rings (SSSR count). The first kappa shape index (κ1) is 11.5. The average molecular weight is 255 g/mol. The van der Waals surface area contributed by atoms with Gasteiger partial charge in [-0.3, -0.25) is 0 Å². The van der Waals surface area contributed by atoms with Crippen LogP contribution in [0.25, 0.3) is 16.6 Å². The standard InChI is InChI=1S/C15H10FNO2/c16-11-6-4-10(5-7-11)12-9-17-8-2-1-3-13(17)14(12)15(18)19/h1-9H,(H,18,19). The van der Waals surface area contributed by atoms with E-state index in [-0.39, 0.29) is 11.4 Å². The van der Waals surface area contributed by atoms with Crippen molar-refractivity contribution in [3.8, 4) is 11.1 Å². The van der Waals surface area contributed by atoms with E-state index in [1.165, 1.54) is 12.1 Å². The second-order valence-corrected chi connectivity index (χ2v) is 4.22. The highest BCUT2D eigenvalue weighted by molar-refractivity contribution is 6.03. The number of hydrogen-bond acceptors (Lipinski definition) is 1. The Morgan fingerprint density at radius 3 is 2.53 bits per heavy atom. The lowest BCUT2D eigenvalue weighted by Crippen LogP contribution is -1.97. The highest BCUT2D eigenvalue weighted by Gasteiger charge is 2.17. The second-order valence-electron chi connectivity index (χ2n) is 4.22. The maximum absolute atomic E-state index is 12.9. The van der Waals surface area contributed by atoms with Crippen LogP contribution in [0, 0.1) is 5.82 Å². The fraction of sp³-hybridized carbons (Fsp3) is 0. The molecule has 0 radical (unpaired) electrons. The Hall–Kier alpha value is -2.62. The molecular formula is C15H10FNO2. The van der Waals surface area contributed by atoms with Gasteiger partial charge in [0.25, 0.3) is 0 Å². The molecular weight excluding hydrogens is 245 g/mol. The van der Waals surface area contributed by atoms with E-state index in [2.05, 4.69) is 0 Å². The SMILES string of the molecule is O=C(O)c1c(-c2ccc(F)cc2)cn2ccccc12. The zero-order valence-corrected chi connectivity index (χ0v) is 9.88. The molecule has 3 nitrogen and oxygen atoms in total. The van der Waals surface area contributed by atoms with Gasteiger partial charge in [0, 0.05) is 18.0 Å². The van der Waals surface area contributed by atoms with Gasteiger partial charge in [-0.25, -0.2) is 9.18 Å². The average Bonchev–Trinajstić information content (AvgIpc) is 2.78. The molecule has 1 aromatic carbocycles. The van der Waals surface area contributed by atoms with Crippen LogP contribution in [0.5, 0.6) is 0 Å². The molecule has 0 fully saturated rings. The number of aromatic nitrogens is 1. The number of hydrogen-bond donors (Lipinski definition) is 1. The molecule has 94 valence electrons. The van der Waals surface area contributed by atoms with E-state index >= 15 is 0 Å². The number of carbonyl (C=O) groups is 1. The summed E-state index contributed by atoms with van der Waals surface area (Å²) in [4.78, 5) is 11.4. The van der Waals surface area contributed by atoms with E-state index in [9.17, 15) is 14.3 Å². The molecule has 0 bridgehead atoms. The third-order valence-corrected chi connectivity index (χ3v) is 3.05. The molecule has 0 aliphatic carbocycles. The number of benzene rings is 1. The summed E-state index contributed by atoms with van der Waals surface area (Å²) in [5.41, 5.74) is 2.11. The van der Waals surface area contributed by atoms with Crippen molar-refractivity contribution in [3.63, 3.8) is 0 Å². The zero-order chi connectivity index (χ0) is 13.4. The predicted octanol–water partition coefficient (Wildman–Crippen LogP) is 3.44. The van der Waals surface area contributed by atoms with Crippen molar-refractivity contribution in [1.29, 1.82) is 0 Å². The van der Waals surface area contributed by atoms with Crippen LogP contribution >= 0.6 is 0 Å². The lowest BCUT2D eigenvalue weighted by molar-refractivity contribution is 0.0700. The summed E-state index contributed by atoms with van der Waals surface area (Å²) in [5.74, 6) is -1.34. The number of nitrogens with zero attached hydrogens (tertiary/aromatic N) is 1. The van der Waals surface area contributed by atoms with E-state index in [4.69, 9.17) is 0 Å². The Morgan fingerprint density at radius 2 is 1.84 bits per heavy atom. The first-order valence-corrected chi connectivity index (χ1v) is 5.76. The first-order valence-electron chi connectivity index (χ1n) is 5.76. The summed E-state index contributed by atoms with van der Waals surface area (Å²) in [6.07, 6.45) is 3.53. The van der Waals surface area contributed by atoms with Gasteiger partial charge in [-0.1, -0.05) is 18.2 Å². The van der Waals surface area contributed by atoms with Crippen LogP contribution in [-0.2, 0) is 0 Å². The van der Waals surface area contributed by atoms with Crippen molar-refractivity contribution >= 4 is 11.5 Å². The van der Waals surface area contributed by atoms with E-state index in [1.807, 2.05) is 6.07 Å². The summed E-state index contributed by atoms with van der Waals surface area (Å²) in [6, 6.07) is 11.2. The first-order chi connectivity index (χ1) is 9.16. The van der Waals surface area contributed by atoms with Crippen LogP contribution in [-0.4, -0.2) is 15.5 Å². The number of rotatable bonds is 2. The van der Waals surface area contributed by atoms with E-state index in [0.29, 0.717) is 16.6 Å². The van der Waals surface area contributed by atoms with Crippen molar-refractivity contribution in [2.45, 2.75) is 0 Å². The quantitative estimate of drug-likeness (QED) is 0.762. The summed E-state index contributed by atoms with van der Waals surface area (Å²) >= 11 is 0. The van der Waals surface area contributed by atoms with E-state index in [1.54, 1.807) is 41.1 Å². The lowest BCUT2D eigenvalue weighted by atomic mass is 10.0. The second kappa shape index (κ2) is 4.24. The number of pyridine rings is 1. The monoisotopic (exact) mass is 255 g/mol. The summed E-state index contributed by atoms with van der Waals surface area (Å²) < 4.78 is 14.7. The molecule has 0 aliphatic rings. The molecule has 0 unspecified atom stereocenters. The molecule has 2 heterocycles. The van der Waals surface area contributed by atoms with Crippen molar-refractivity contribution in [1.82, 2.24) is 4.40 Å². The van der Waals surface area contributed by atoms with Crippen molar-refractivity contribution in [3.05, 3.63) is 66.2 Å². The molecule has 19 heavy (non-hydrogen) atoms. The van der Waals surface area contributed by atoms with Crippen LogP contribution in [0.1, 0.15) is 10.4 Å². The summed E-state index contributed by atoms with van der Waals surface area (Å²) in [7, 11) is 0. The molecule has 0 saturated carbocycles. The molecule has 1 N–H and O–H groups in total. The van der Waals surface area contributed by atoms with Crippen LogP contribution in [0.4, 0.5) is 4.39 Å². The smallest absolute Gasteiger partial charge is 0.338 e. The number of halogens is 1. The van der Waals surface area contributed by atoms with Gasteiger partial charge in [0.1, 0.15) is 5.82 Å². The highest BCUT2D eigenvalue weighted by Crippen LogP contribution is 2.29. The van der Waals surface area contributed by atoms with Crippen molar-refractivity contribution in [2.24, 2.45) is 0 Å². The molecule has 3 aromatic rings. The number of fused-ring (bicyclic) bond motifs is 1. The van der Waals surface area contributed by atoms with Gasteiger partial charge in [-0.05, 0) is 29.8 Å². The number of aromatic carboxylic acids is 1. The van der Waals surface area contributed by atoms with Gasteiger partial charge in [0.2, 0.25) is 0 Å². The third kappa shape index (κ3) is 1.87. The van der Waals surface area contributed by atoms with Crippen LogP contribution in [0.3, 0.4) is 0 Å². The molecule has 0 atom stereocenters. The molecule has 0 spiro atoms. The molecule has 0 amide bonds. The Morgan fingerprint density at radius 1 is 1.11 bits per heavy atom. The Bertz CT molecular complexity index is 759. The fourth-order valence-electron chi connectivity index (χ4n) is 2.20. The van der Waals surface area contributed by atoms with Crippen molar-refractivity contribution in [2.75, 3.05) is 0 Å². The van der Waals surface area contributed by atoms with Crippen LogP contribution < -0.4 is 0 Å². The maximum atomic E-state index is 12.9. The van der Waals surface area contributed by atoms with Crippen LogP contribution in [0.15, 0.2) is 54.9 Å². The van der Waals surface area contributed by atoms with E-state index in [0.717, 1.165) is 0 Å². The lowest BCUT2D eigenvalue weighted by Gasteiger charge is -2.00. The largest absolute Gasteiger partial charge is 0.478 e. The highest BCUT2D eigenvalue weighted by atomic mass is 19.1. The van der Waals surface area contributed by atoms with Gasteiger partial charge in [0.15, 0.2) is 0 Å². The van der Waals surface area contributed by atoms with Gasteiger partial charge < -0.3 is 9.51 Å². The Kier molecular flexibility index (Phi) is 2.56. The minimum atomic E-state index is -0.993. The summed E-state index contributed by atoms with van der Waals surface area (Å²) in [6.45, 7) is 0. The fourth-order valence-corrected chi connectivity index (χ4v) is 2.20. The summed E-state index contributed by atoms with van der Waals surface area (Å²) in [5, 5.41) is 9.38. The van der Waals surface area contributed by atoms with Gasteiger partial charge in [-0.15, -0.1) is 0 Å². The molecule has 4 heteroatoms.